The van der Waals surface area contributed by atoms with Gasteiger partial charge in [0.15, 0.2) is 9.75 Å². The van der Waals surface area contributed by atoms with Crippen LogP contribution in [0.1, 0.15) is 35.4 Å². The summed E-state index contributed by atoms with van der Waals surface area (Å²) in [7, 11) is -1.79. The Bertz CT molecular complexity index is 1590. The molecule has 42 heavy (non-hydrogen) atoms. The Balaban J connectivity index is 1.52. The number of allylic oxidation sites excluding steroid dienone is 2. The number of phenolic OH excluding ortho intramolecular Hbond substituents is 1. The van der Waals surface area contributed by atoms with Crippen molar-refractivity contribution in [2.24, 2.45) is 17.8 Å². The first-order valence-electron chi connectivity index (χ1n) is 13.4. The molecule has 2 aromatic rings. The fourth-order valence-corrected chi connectivity index (χ4v) is 8.79. The first kappa shape index (κ1) is 29.4. The van der Waals surface area contributed by atoms with E-state index in [0.717, 1.165) is 9.80 Å². The number of nitrogens with zero attached hydrogens (tertiary/aromatic N) is 2. The molecule has 0 spiro atoms. The van der Waals surface area contributed by atoms with Gasteiger partial charge in [-0.05, 0) is 66.9 Å². The Morgan fingerprint density at radius 3 is 2.29 bits per heavy atom. The third-order valence-corrected chi connectivity index (χ3v) is 11.2. The number of fused-ring (bicyclic) bond motifs is 4. The van der Waals surface area contributed by atoms with Gasteiger partial charge in [0, 0.05) is 5.92 Å². The minimum Gasteiger partial charge on any atom is -0.507 e. The van der Waals surface area contributed by atoms with Crippen molar-refractivity contribution in [3.63, 3.8) is 0 Å². The van der Waals surface area contributed by atoms with Crippen LogP contribution in [-0.2, 0) is 19.2 Å². The monoisotopic (exact) mass is 674 g/mol. The molecule has 0 unspecified atom stereocenters. The number of carbonyl (C=O) groups excluding carboxylic acids is 4. The van der Waals surface area contributed by atoms with E-state index in [1.54, 1.807) is 32.0 Å². The van der Waals surface area contributed by atoms with Crippen LogP contribution >= 0.6 is 39.1 Å². The van der Waals surface area contributed by atoms with Crippen molar-refractivity contribution in [3.8, 4) is 5.75 Å². The maximum Gasteiger partial charge on any atom is 0.488 e. The summed E-state index contributed by atoms with van der Waals surface area (Å²) in [6.07, 6.45) is 1.89. The van der Waals surface area contributed by atoms with Gasteiger partial charge in [-0.25, -0.2) is 0 Å². The predicted octanol–water partition coefficient (Wildman–Crippen LogP) is 2.60. The van der Waals surface area contributed by atoms with Crippen LogP contribution in [-0.4, -0.2) is 66.0 Å². The fourth-order valence-electron chi connectivity index (χ4n) is 7.36. The lowest BCUT2D eigenvalue weighted by atomic mass is 9.56. The minimum absolute atomic E-state index is 0.0860. The van der Waals surface area contributed by atoms with Gasteiger partial charge in [-0.2, -0.15) is 0 Å². The summed E-state index contributed by atoms with van der Waals surface area (Å²) in [5.41, 5.74) is 2.49. The first-order valence-corrected chi connectivity index (χ1v) is 15.3. The number of aryl methyl sites for hydroxylation is 2. The second kappa shape index (κ2) is 9.92. The molecule has 218 valence electrons. The molecule has 6 atom stereocenters. The Morgan fingerprint density at radius 1 is 1.00 bits per heavy atom. The van der Waals surface area contributed by atoms with E-state index < -0.39 is 64.2 Å². The van der Waals surface area contributed by atoms with Gasteiger partial charge in [0.25, 0.3) is 11.8 Å². The zero-order chi connectivity index (χ0) is 30.5. The SMILES string of the molecule is Cc1cc([C@H]2C3=CC[C@@H]4C(=O)N(c5cccc(B(O)O)c5)C(=O)[C@@H]4[C@@H]3C[C@@]3(Cl)C(=O)N(CBr)C(=O)[C@@]23Cl)cc(C)c1O. The second-order valence-corrected chi connectivity index (χ2v) is 13.2. The van der Waals surface area contributed by atoms with Crippen LogP contribution in [0.15, 0.2) is 48.0 Å². The number of hydrogen-bond donors (Lipinski definition) is 3. The van der Waals surface area contributed by atoms with E-state index in [1.165, 1.54) is 18.2 Å². The summed E-state index contributed by atoms with van der Waals surface area (Å²) < 4.78 is 0. The Kier molecular flexibility index (Phi) is 6.94. The van der Waals surface area contributed by atoms with Crippen molar-refractivity contribution >= 4 is 81.0 Å². The molecular formula is C29H26BBrCl2N2O7. The van der Waals surface area contributed by atoms with Gasteiger partial charge < -0.3 is 15.2 Å². The number of alkyl halides is 3. The summed E-state index contributed by atoms with van der Waals surface area (Å²) in [6.45, 7) is 3.43. The van der Waals surface area contributed by atoms with Gasteiger partial charge in [-0.15, -0.1) is 23.2 Å². The fraction of sp³-hybridized carbons (Fsp3) is 0.379. The number of imide groups is 2. The molecule has 1 saturated carbocycles. The highest BCUT2D eigenvalue weighted by Gasteiger charge is 2.76. The van der Waals surface area contributed by atoms with E-state index in [9.17, 15) is 34.3 Å². The molecule has 2 aromatic carbocycles. The summed E-state index contributed by atoms with van der Waals surface area (Å²) in [5.74, 6) is -5.47. The maximum absolute atomic E-state index is 14.1. The zero-order valence-electron chi connectivity index (χ0n) is 22.6. The van der Waals surface area contributed by atoms with E-state index in [0.29, 0.717) is 22.3 Å². The van der Waals surface area contributed by atoms with Crippen molar-refractivity contribution in [2.75, 3.05) is 10.4 Å². The van der Waals surface area contributed by atoms with Crippen LogP contribution < -0.4 is 10.4 Å². The summed E-state index contributed by atoms with van der Waals surface area (Å²) >= 11 is 17.7. The number of hydrogen-bond acceptors (Lipinski definition) is 7. The van der Waals surface area contributed by atoms with Gasteiger partial charge in [-0.1, -0.05) is 51.8 Å². The van der Waals surface area contributed by atoms with Gasteiger partial charge in [-0.3, -0.25) is 29.0 Å². The third-order valence-electron chi connectivity index (χ3n) is 9.29. The Labute approximate surface area is 260 Å². The molecule has 3 fully saturated rings. The smallest absolute Gasteiger partial charge is 0.488 e. The standard InChI is InChI=1S/C29H26BBrCl2N2O7/c1-13-8-15(9-14(2)23(13)36)22-18-6-7-19-21(20(18)11-28(32)26(39)34(12-31)27(40)29(22,28)33)25(38)35(24(19)37)17-5-3-4-16(10-17)30(41)42/h3-6,8-10,19-22,36,41-42H,7,11-12H2,1-2H3/t19-,20+,21-,22-,28+,29-/m0/s1. The molecule has 2 aliphatic heterocycles. The summed E-state index contributed by atoms with van der Waals surface area (Å²) in [6, 6.07) is 9.32. The number of phenols is 1. The molecule has 2 saturated heterocycles. The Morgan fingerprint density at radius 2 is 1.67 bits per heavy atom. The third kappa shape index (κ3) is 3.76. The number of likely N-dealkylation sites (tertiary alicyclic amines) is 1. The van der Waals surface area contributed by atoms with E-state index in [-0.39, 0.29) is 35.2 Å². The van der Waals surface area contributed by atoms with Crippen molar-refractivity contribution in [1.29, 1.82) is 0 Å². The molecule has 4 aliphatic rings. The number of anilines is 1. The number of rotatable bonds is 4. The highest BCUT2D eigenvalue weighted by atomic mass is 79.9. The first-order chi connectivity index (χ1) is 19.8. The predicted molar refractivity (Wildman–Crippen MR) is 160 cm³/mol. The molecule has 0 bridgehead atoms. The number of carbonyl (C=O) groups is 4. The molecule has 0 radical (unpaired) electrons. The van der Waals surface area contributed by atoms with Crippen LogP contribution in [0.4, 0.5) is 5.69 Å². The molecule has 0 aromatic heterocycles. The zero-order valence-corrected chi connectivity index (χ0v) is 25.7. The molecule has 4 amide bonds. The molecule has 2 heterocycles. The van der Waals surface area contributed by atoms with E-state index in [4.69, 9.17) is 23.2 Å². The minimum atomic E-state index is -1.93. The summed E-state index contributed by atoms with van der Waals surface area (Å²) in [4.78, 5) is 53.6. The number of amides is 4. The normalized spacial score (nSPS) is 32.1. The van der Waals surface area contributed by atoms with Crippen LogP contribution in [0, 0.1) is 31.6 Å². The van der Waals surface area contributed by atoms with Gasteiger partial charge in [0.2, 0.25) is 11.8 Å². The van der Waals surface area contributed by atoms with Gasteiger partial charge in [0.05, 0.1) is 23.0 Å². The second-order valence-electron chi connectivity index (χ2n) is 11.5. The van der Waals surface area contributed by atoms with Gasteiger partial charge >= 0.3 is 7.12 Å². The average Bonchev–Trinajstić information content (AvgIpc) is 3.29. The molecule has 9 nitrogen and oxygen atoms in total. The maximum atomic E-state index is 14.1. The largest absolute Gasteiger partial charge is 0.507 e. The van der Waals surface area contributed by atoms with E-state index in [2.05, 4.69) is 15.9 Å². The number of halogens is 3. The van der Waals surface area contributed by atoms with Gasteiger partial charge in [0.1, 0.15) is 5.75 Å². The highest BCUT2D eigenvalue weighted by Crippen LogP contribution is 2.65. The van der Waals surface area contributed by atoms with E-state index in [1.807, 2.05) is 6.08 Å². The Hall–Kier alpha value is -2.70. The number of aromatic hydroxyl groups is 1. The lowest BCUT2D eigenvalue weighted by Crippen LogP contribution is -2.60. The van der Waals surface area contributed by atoms with Crippen LogP contribution in [0.2, 0.25) is 0 Å². The van der Waals surface area contributed by atoms with Crippen LogP contribution in [0.3, 0.4) is 0 Å². The molecule has 13 heteroatoms. The van der Waals surface area contributed by atoms with E-state index >= 15 is 0 Å². The summed E-state index contributed by atoms with van der Waals surface area (Å²) in [5, 5.41) is 29.8. The van der Waals surface area contributed by atoms with Crippen molar-refractivity contribution in [2.45, 2.75) is 42.4 Å². The average molecular weight is 676 g/mol. The lowest BCUT2D eigenvalue weighted by Gasteiger charge is -2.51. The number of benzene rings is 2. The van der Waals surface area contributed by atoms with Crippen LogP contribution in [0.25, 0.3) is 0 Å². The van der Waals surface area contributed by atoms with Crippen molar-refractivity contribution in [3.05, 3.63) is 64.7 Å². The van der Waals surface area contributed by atoms with Crippen molar-refractivity contribution in [1.82, 2.24) is 4.90 Å². The van der Waals surface area contributed by atoms with Crippen LogP contribution in [0.5, 0.6) is 5.75 Å². The lowest BCUT2D eigenvalue weighted by molar-refractivity contribution is -0.138. The topological polar surface area (TPSA) is 135 Å². The van der Waals surface area contributed by atoms with Crippen molar-refractivity contribution < 1.29 is 34.3 Å². The molecule has 2 aliphatic carbocycles. The quantitative estimate of drug-likeness (QED) is 0.149. The molecule has 6 rings (SSSR count). The highest BCUT2D eigenvalue weighted by molar-refractivity contribution is 9.09. The molecule has 3 N–H and O–H groups in total. The molecular weight excluding hydrogens is 650 g/mol.